The molecular formula is C8H15N3. The minimum Gasteiger partial charge on any atom is -0.362 e. The monoisotopic (exact) mass is 153 g/mol. The molecule has 0 saturated heterocycles. The molecule has 0 N–H and O–H groups in total. The lowest BCUT2D eigenvalue weighted by atomic mass is 10.6. The van der Waals surface area contributed by atoms with Crippen LogP contribution >= 0.6 is 0 Å². The third-order valence-electron chi connectivity index (χ3n) is 1.34. The quantitative estimate of drug-likeness (QED) is 0.567. The first kappa shape index (κ1) is 9.83. The van der Waals surface area contributed by atoms with Gasteiger partial charge in [0.15, 0.2) is 0 Å². The Bertz CT molecular complexity index is 157. The van der Waals surface area contributed by atoms with Crippen molar-refractivity contribution < 1.29 is 0 Å². The summed E-state index contributed by atoms with van der Waals surface area (Å²) in [6.07, 6.45) is 4.20. The van der Waals surface area contributed by atoms with E-state index in [9.17, 15) is 0 Å². The highest BCUT2D eigenvalue weighted by Crippen LogP contribution is 2.00. The van der Waals surface area contributed by atoms with Crippen LogP contribution < -0.4 is 0 Å². The van der Waals surface area contributed by atoms with Gasteiger partial charge in [0.2, 0.25) is 0 Å². The van der Waals surface area contributed by atoms with Gasteiger partial charge in [0, 0.05) is 32.9 Å². The lowest BCUT2D eigenvalue weighted by Gasteiger charge is -2.14. The second kappa shape index (κ2) is 5.60. The van der Waals surface area contributed by atoms with Crippen molar-refractivity contribution in [2.75, 3.05) is 20.3 Å². The van der Waals surface area contributed by atoms with Crippen LogP contribution in [0.15, 0.2) is 12.4 Å². The Balaban J connectivity index is 0.000000292. The highest BCUT2D eigenvalue weighted by Gasteiger charge is 2.03. The Morgan fingerprint density at radius 3 is 2.27 bits per heavy atom. The first-order valence-electron chi connectivity index (χ1n) is 3.68. The minimum atomic E-state index is 1.05. The van der Waals surface area contributed by atoms with E-state index in [1.54, 1.807) is 6.07 Å². The maximum Gasteiger partial charge on any atom is 0.0890 e. The molecule has 0 saturated carbocycles. The summed E-state index contributed by atoms with van der Waals surface area (Å²) in [5.74, 6) is 0. The predicted molar refractivity (Wildman–Crippen MR) is 45.4 cm³/mol. The van der Waals surface area contributed by atoms with E-state index in [0.29, 0.717) is 0 Å². The van der Waals surface area contributed by atoms with Crippen molar-refractivity contribution in [1.82, 2.24) is 9.80 Å². The maximum atomic E-state index is 7.32. The molecule has 0 spiro atoms. The minimum absolute atomic E-state index is 1.05. The summed E-state index contributed by atoms with van der Waals surface area (Å²) in [4.78, 5) is 4.41. The van der Waals surface area contributed by atoms with E-state index < -0.39 is 0 Å². The van der Waals surface area contributed by atoms with Gasteiger partial charge in [0.05, 0.1) is 12.7 Å². The molecule has 0 aromatic heterocycles. The van der Waals surface area contributed by atoms with E-state index in [1.807, 2.05) is 0 Å². The molecule has 0 aromatic carbocycles. The molecule has 1 aliphatic rings. The summed E-state index contributed by atoms with van der Waals surface area (Å²) in [6.45, 7) is 5.75. The zero-order valence-electron chi connectivity index (χ0n) is 7.41. The summed E-state index contributed by atoms with van der Waals surface area (Å²) in [7, 11) is 2.08. The molecule has 1 aliphatic heterocycles. The van der Waals surface area contributed by atoms with Gasteiger partial charge in [-0.05, 0) is 6.92 Å². The summed E-state index contributed by atoms with van der Waals surface area (Å²) >= 11 is 0. The fourth-order valence-corrected chi connectivity index (χ4v) is 0.794. The van der Waals surface area contributed by atoms with Crippen molar-refractivity contribution in [2.45, 2.75) is 13.8 Å². The van der Waals surface area contributed by atoms with Crippen LogP contribution in [0.4, 0.5) is 0 Å². The van der Waals surface area contributed by atoms with Crippen LogP contribution in [0.3, 0.4) is 0 Å². The van der Waals surface area contributed by atoms with Crippen LogP contribution in [-0.2, 0) is 0 Å². The highest BCUT2D eigenvalue weighted by molar-refractivity contribution is 4.87. The molecule has 1 heterocycles. The van der Waals surface area contributed by atoms with Gasteiger partial charge < -0.3 is 9.80 Å². The first-order chi connectivity index (χ1) is 5.24. The normalized spacial score (nSPS) is 14.0. The summed E-state index contributed by atoms with van der Waals surface area (Å²) in [5.41, 5.74) is 0. The number of nitrogens with zero attached hydrogens (tertiary/aromatic N) is 3. The average Bonchev–Trinajstić information content (AvgIpc) is 2.37. The molecule has 0 radical (unpaired) electrons. The smallest absolute Gasteiger partial charge is 0.0890 e. The topological polar surface area (TPSA) is 30.3 Å². The molecule has 0 amide bonds. The van der Waals surface area contributed by atoms with Gasteiger partial charge in [-0.25, -0.2) is 0 Å². The van der Waals surface area contributed by atoms with E-state index in [2.05, 4.69) is 36.2 Å². The fourth-order valence-electron chi connectivity index (χ4n) is 0.794. The van der Waals surface area contributed by atoms with Gasteiger partial charge in [0.1, 0.15) is 0 Å². The van der Waals surface area contributed by atoms with Crippen molar-refractivity contribution in [3.8, 4) is 6.07 Å². The molecule has 1 rings (SSSR count). The van der Waals surface area contributed by atoms with Crippen LogP contribution in [-0.4, -0.2) is 30.1 Å². The summed E-state index contributed by atoms with van der Waals surface area (Å²) in [6, 6.07) is 1.75. The number of rotatable bonds is 1. The predicted octanol–water partition coefficient (Wildman–Crippen LogP) is 1.21. The van der Waals surface area contributed by atoms with Gasteiger partial charge in [-0.2, -0.15) is 5.26 Å². The third-order valence-corrected chi connectivity index (χ3v) is 1.34. The van der Waals surface area contributed by atoms with E-state index in [-0.39, 0.29) is 0 Å². The number of nitriles is 1. The van der Waals surface area contributed by atoms with Crippen molar-refractivity contribution >= 4 is 0 Å². The molecule has 3 nitrogen and oxygen atoms in total. The molecule has 0 unspecified atom stereocenters. The van der Waals surface area contributed by atoms with Crippen molar-refractivity contribution in [3.63, 3.8) is 0 Å². The van der Waals surface area contributed by atoms with Crippen LogP contribution in [0, 0.1) is 11.3 Å². The van der Waals surface area contributed by atoms with Gasteiger partial charge in [0.25, 0.3) is 0 Å². The Morgan fingerprint density at radius 1 is 1.55 bits per heavy atom. The lowest BCUT2D eigenvalue weighted by Crippen LogP contribution is -2.21. The van der Waals surface area contributed by atoms with Crippen molar-refractivity contribution in [3.05, 3.63) is 12.4 Å². The van der Waals surface area contributed by atoms with Crippen LogP contribution in [0.1, 0.15) is 13.8 Å². The highest BCUT2D eigenvalue weighted by atomic mass is 15.3. The van der Waals surface area contributed by atoms with E-state index in [1.165, 1.54) is 6.92 Å². The van der Waals surface area contributed by atoms with Crippen LogP contribution in [0.5, 0.6) is 0 Å². The summed E-state index contributed by atoms with van der Waals surface area (Å²) < 4.78 is 0. The molecular weight excluding hydrogens is 138 g/mol. The Kier molecular flexibility index (Phi) is 5.01. The lowest BCUT2D eigenvalue weighted by molar-refractivity contribution is 0.308. The maximum absolute atomic E-state index is 7.32. The van der Waals surface area contributed by atoms with Crippen molar-refractivity contribution in [2.24, 2.45) is 0 Å². The molecule has 0 aromatic rings. The fraction of sp³-hybridized carbons (Fsp3) is 0.625. The van der Waals surface area contributed by atoms with Gasteiger partial charge in [-0.3, -0.25) is 0 Å². The second-order valence-electron chi connectivity index (χ2n) is 2.33. The standard InChI is InChI=1S/C6H12N2.C2H3N/c1-3-8-5-4-7(2)6-8;1-2-3/h4-5H,3,6H2,1-2H3;1H3. The Morgan fingerprint density at radius 2 is 2.09 bits per heavy atom. The van der Waals surface area contributed by atoms with Crippen LogP contribution in [0.2, 0.25) is 0 Å². The Hall–Kier alpha value is -1.17. The largest absolute Gasteiger partial charge is 0.362 e. The second-order valence-corrected chi connectivity index (χ2v) is 2.33. The van der Waals surface area contributed by atoms with Gasteiger partial charge in [-0.1, -0.05) is 0 Å². The molecule has 0 fully saturated rings. The van der Waals surface area contributed by atoms with E-state index in [0.717, 1.165) is 13.2 Å². The van der Waals surface area contributed by atoms with Gasteiger partial charge >= 0.3 is 0 Å². The number of hydrogen-bond acceptors (Lipinski definition) is 3. The van der Waals surface area contributed by atoms with Gasteiger partial charge in [-0.15, -0.1) is 0 Å². The SMILES string of the molecule is CC#N.CCN1C=CN(C)C1. The molecule has 3 heteroatoms. The zero-order valence-corrected chi connectivity index (χ0v) is 7.41. The molecule has 0 aliphatic carbocycles. The van der Waals surface area contributed by atoms with E-state index >= 15 is 0 Å². The zero-order chi connectivity index (χ0) is 8.69. The van der Waals surface area contributed by atoms with Crippen molar-refractivity contribution in [1.29, 1.82) is 5.26 Å². The molecule has 0 bridgehead atoms. The third kappa shape index (κ3) is 4.26. The molecule has 0 atom stereocenters. The first-order valence-corrected chi connectivity index (χ1v) is 3.68. The Labute approximate surface area is 68.5 Å². The van der Waals surface area contributed by atoms with E-state index in [4.69, 9.17) is 5.26 Å². The summed E-state index contributed by atoms with van der Waals surface area (Å²) in [5, 5.41) is 7.32. The molecule has 11 heavy (non-hydrogen) atoms. The number of hydrogen-bond donors (Lipinski definition) is 0. The average molecular weight is 153 g/mol. The van der Waals surface area contributed by atoms with Crippen LogP contribution in [0.25, 0.3) is 0 Å². The molecule has 62 valence electrons.